The summed E-state index contributed by atoms with van der Waals surface area (Å²) < 4.78 is 36.1. The lowest BCUT2D eigenvalue weighted by molar-refractivity contribution is -0.156. The zero-order valence-electron chi connectivity index (χ0n) is 21.6. The van der Waals surface area contributed by atoms with Crippen LogP contribution in [-0.2, 0) is 35.6 Å². The lowest BCUT2D eigenvalue weighted by Gasteiger charge is -2.26. The fourth-order valence-electron chi connectivity index (χ4n) is 2.98. The van der Waals surface area contributed by atoms with E-state index >= 15 is 0 Å². The standard InChI is InChI=1S/C26H35NO6S3/c1-25(2,3)32-23(28)22(27-24(29)33-26(4,5)6)16-34-35-21-14-10-13-20(15-21)18-36(30,31)17-19-11-8-7-9-12-19/h7-15,22H,16-18H2,1-6H3,(H,27,29)/t22-/m0/s1. The highest BCUT2D eigenvalue weighted by molar-refractivity contribution is 8.76. The normalized spacial score (nSPS) is 13.1. The Labute approximate surface area is 222 Å². The molecule has 0 unspecified atom stereocenters. The Morgan fingerprint density at radius 2 is 1.44 bits per heavy atom. The van der Waals surface area contributed by atoms with Gasteiger partial charge in [-0.05, 0) is 64.8 Å². The van der Waals surface area contributed by atoms with Crippen LogP contribution in [0.1, 0.15) is 52.7 Å². The predicted molar refractivity (Wildman–Crippen MR) is 147 cm³/mol. The zero-order valence-corrected chi connectivity index (χ0v) is 24.0. The van der Waals surface area contributed by atoms with Crippen LogP contribution < -0.4 is 5.32 Å². The van der Waals surface area contributed by atoms with E-state index in [-0.39, 0.29) is 17.3 Å². The quantitative estimate of drug-likeness (QED) is 0.292. The molecule has 1 atom stereocenters. The topological polar surface area (TPSA) is 98.8 Å². The molecule has 0 saturated heterocycles. The number of rotatable bonds is 10. The molecule has 0 fully saturated rings. The first-order chi connectivity index (χ1) is 16.6. The summed E-state index contributed by atoms with van der Waals surface area (Å²) >= 11 is 0. The van der Waals surface area contributed by atoms with Crippen molar-refractivity contribution in [3.05, 3.63) is 65.7 Å². The van der Waals surface area contributed by atoms with Crippen molar-refractivity contribution in [1.29, 1.82) is 0 Å². The molecule has 0 aliphatic heterocycles. The van der Waals surface area contributed by atoms with Gasteiger partial charge in [-0.3, -0.25) is 0 Å². The molecule has 10 heteroatoms. The highest BCUT2D eigenvalue weighted by Gasteiger charge is 2.29. The fraction of sp³-hybridized carbons (Fsp3) is 0.462. The van der Waals surface area contributed by atoms with Crippen LogP contribution >= 0.6 is 21.6 Å². The van der Waals surface area contributed by atoms with Gasteiger partial charge in [0.05, 0.1) is 11.5 Å². The van der Waals surface area contributed by atoms with E-state index in [9.17, 15) is 18.0 Å². The van der Waals surface area contributed by atoms with Gasteiger partial charge in [-0.1, -0.05) is 64.1 Å². The maximum absolute atomic E-state index is 12.7. The van der Waals surface area contributed by atoms with Crippen molar-refractivity contribution in [3.63, 3.8) is 0 Å². The van der Waals surface area contributed by atoms with Gasteiger partial charge in [0.15, 0.2) is 9.84 Å². The number of sulfone groups is 1. The van der Waals surface area contributed by atoms with Crippen molar-refractivity contribution in [2.24, 2.45) is 0 Å². The Morgan fingerprint density at radius 3 is 2.06 bits per heavy atom. The number of hydrogen-bond donors (Lipinski definition) is 1. The van der Waals surface area contributed by atoms with Crippen LogP contribution in [-0.4, -0.2) is 43.5 Å². The first-order valence-electron chi connectivity index (χ1n) is 11.5. The second-order valence-corrected chi connectivity index (χ2v) is 14.7. The molecule has 36 heavy (non-hydrogen) atoms. The molecule has 2 aromatic rings. The Hall–Kier alpha value is -2.17. The smallest absolute Gasteiger partial charge is 0.408 e. The van der Waals surface area contributed by atoms with E-state index in [4.69, 9.17) is 9.47 Å². The fourth-order valence-corrected chi connectivity index (χ4v) is 6.70. The molecule has 0 bridgehead atoms. The molecule has 7 nitrogen and oxygen atoms in total. The monoisotopic (exact) mass is 553 g/mol. The molecular formula is C26H35NO6S3. The molecule has 0 aromatic heterocycles. The van der Waals surface area contributed by atoms with Crippen molar-refractivity contribution in [3.8, 4) is 0 Å². The Kier molecular flexibility index (Phi) is 10.7. The first-order valence-corrected chi connectivity index (χ1v) is 15.6. The molecule has 0 aliphatic rings. The second kappa shape index (κ2) is 12.9. The molecule has 1 N–H and O–H groups in total. The zero-order chi connectivity index (χ0) is 27.0. The maximum Gasteiger partial charge on any atom is 0.408 e. The molecule has 1 amide bonds. The van der Waals surface area contributed by atoms with E-state index in [1.807, 2.05) is 30.3 Å². The first kappa shape index (κ1) is 30.1. The molecule has 2 rings (SSSR count). The number of nitrogens with one attached hydrogen (secondary N) is 1. The van der Waals surface area contributed by atoms with Crippen LogP contribution in [0.2, 0.25) is 0 Å². The summed E-state index contributed by atoms with van der Waals surface area (Å²) in [5.74, 6) is -0.410. The van der Waals surface area contributed by atoms with Crippen molar-refractivity contribution in [2.75, 3.05) is 5.75 Å². The third-order valence-electron chi connectivity index (χ3n) is 4.29. The molecule has 0 radical (unpaired) electrons. The van der Waals surface area contributed by atoms with Crippen LogP contribution in [0.25, 0.3) is 0 Å². The highest BCUT2D eigenvalue weighted by atomic mass is 33.1. The van der Waals surface area contributed by atoms with E-state index in [2.05, 4.69) is 5.32 Å². The second-order valence-electron chi connectivity index (χ2n) is 10.3. The number of hydrogen-bond acceptors (Lipinski definition) is 8. The SMILES string of the molecule is CC(C)(C)OC(=O)N[C@@H](CSSc1cccc(CS(=O)(=O)Cc2ccccc2)c1)C(=O)OC(C)(C)C. The molecule has 0 saturated carbocycles. The van der Waals surface area contributed by atoms with E-state index in [0.717, 1.165) is 10.5 Å². The van der Waals surface area contributed by atoms with Crippen molar-refractivity contribution >= 4 is 43.5 Å². The van der Waals surface area contributed by atoms with E-state index in [1.165, 1.54) is 21.6 Å². The van der Waals surface area contributed by atoms with Crippen LogP contribution in [0.15, 0.2) is 59.5 Å². The number of carbonyl (C=O) groups excluding carboxylic acids is 2. The minimum Gasteiger partial charge on any atom is -0.458 e. The predicted octanol–water partition coefficient (Wildman–Crippen LogP) is 5.78. The van der Waals surface area contributed by atoms with Crippen molar-refractivity contribution in [2.45, 2.75) is 75.2 Å². The molecular weight excluding hydrogens is 518 g/mol. The number of carbonyl (C=O) groups is 2. The number of ether oxygens (including phenoxy) is 2. The lowest BCUT2D eigenvalue weighted by atomic mass is 10.2. The van der Waals surface area contributed by atoms with Gasteiger partial charge in [-0.15, -0.1) is 0 Å². The molecule has 198 valence electrons. The summed E-state index contributed by atoms with van der Waals surface area (Å²) in [4.78, 5) is 25.8. The Bertz CT molecular complexity index is 1120. The summed E-state index contributed by atoms with van der Waals surface area (Å²) in [6.45, 7) is 10.5. The molecule has 0 aliphatic carbocycles. The maximum atomic E-state index is 12.7. The molecule has 0 spiro atoms. The summed E-state index contributed by atoms with van der Waals surface area (Å²) in [6, 6.07) is 15.5. The van der Waals surface area contributed by atoms with Gasteiger partial charge >= 0.3 is 12.1 Å². The number of amides is 1. The summed E-state index contributed by atoms with van der Waals surface area (Å²) in [7, 11) is -0.590. The number of alkyl carbamates (subject to hydrolysis) is 1. The van der Waals surface area contributed by atoms with E-state index in [0.29, 0.717) is 5.56 Å². The van der Waals surface area contributed by atoms with Gasteiger partial charge in [0, 0.05) is 10.6 Å². The molecule has 0 heterocycles. The number of esters is 1. The Balaban J connectivity index is 2.01. The summed E-state index contributed by atoms with van der Waals surface area (Å²) in [5, 5.41) is 2.60. The molecule has 2 aromatic carbocycles. The van der Waals surface area contributed by atoms with Crippen molar-refractivity contribution < 1.29 is 27.5 Å². The third-order valence-corrected chi connectivity index (χ3v) is 8.21. The summed E-state index contributed by atoms with van der Waals surface area (Å²) in [6.07, 6.45) is -0.699. The minimum absolute atomic E-state index is 0.0200. The summed E-state index contributed by atoms with van der Waals surface area (Å²) in [5.41, 5.74) is 0.0324. The van der Waals surface area contributed by atoms with Gasteiger partial charge in [-0.2, -0.15) is 0 Å². The van der Waals surface area contributed by atoms with Gasteiger partial charge in [0.2, 0.25) is 0 Å². The van der Waals surface area contributed by atoms with Gasteiger partial charge in [0.25, 0.3) is 0 Å². The van der Waals surface area contributed by atoms with Gasteiger partial charge in [-0.25, -0.2) is 18.0 Å². The highest BCUT2D eigenvalue weighted by Crippen LogP contribution is 2.32. The largest absolute Gasteiger partial charge is 0.458 e. The van der Waals surface area contributed by atoms with Gasteiger partial charge < -0.3 is 14.8 Å². The minimum atomic E-state index is -3.33. The van der Waals surface area contributed by atoms with Crippen LogP contribution in [0.3, 0.4) is 0 Å². The average molecular weight is 554 g/mol. The van der Waals surface area contributed by atoms with E-state index in [1.54, 1.807) is 65.8 Å². The van der Waals surface area contributed by atoms with Crippen LogP contribution in [0.4, 0.5) is 4.79 Å². The Morgan fingerprint density at radius 1 is 0.861 bits per heavy atom. The van der Waals surface area contributed by atoms with Crippen LogP contribution in [0.5, 0.6) is 0 Å². The third kappa shape index (κ3) is 12.2. The lowest BCUT2D eigenvalue weighted by Crippen LogP contribution is -2.47. The number of benzene rings is 2. The van der Waals surface area contributed by atoms with Gasteiger partial charge in [0.1, 0.15) is 17.2 Å². The van der Waals surface area contributed by atoms with E-state index < -0.39 is 39.1 Å². The average Bonchev–Trinajstić information content (AvgIpc) is 2.70. The van der Waals surface area contributed by atoms with Crippen molar-refractivity contribution in [1.82, 2.24) is 5.32 Å². The van der Waals surface area contributed by atoms with Crippen LogP contribution in [0, 0.1) is 0 Å².